The van der Waals surface area contributed by atoms with Crippen molar-refractivity contribution in [3.05, 3.63) is 53.7 Å². The van der Waals surface area contributed by atoms with E-state index in [0.29, 0.717) is 18.3 Å². The van der Waals surface area contributed by atoms with Crippen molar-refractivity contribution in [3.8, 4) is 5.88 Å². The summed E-state index contributed by atoms with van der Waals surface area (Å²) in [5.74, 6) is 0.0492. The number of hydrogen-bond donors (Lipinski definition) is 2. The second kappa shape index (κ2) is 7.28. The van der Waals surface area contributed by atoms with Crippen molar-refractivity contribution in [3.63, 3.8) is 0 Å². The highest BCUT2D eigenvalue weighted by Gasteiger charge is 2.59. The van der Waals surface area contributed by atoms with Gasteiger partial charge in [0, 0.05) is 22.8 Å². The largest absolute Gasteiger partial charge is 0.414 e. The average Bonchev–Trinajstić information content (AvgIpc) is 2.66. The quantitative estimate of drug-likeness (QED) is 0.733. The first-order valence-electron chi connectivity index (χ1n) is 10.7. The third kappa shape index (κ3) is 3.98. The molecule has 0 saturated heterocycles. The summed E-state index contributed by atoms with van der Waals surface area (Å²) in [6, 6.07) is 9.49. The van der Waals surface area contributed by atoms with Crippen LogP contribution >= 0.6 is 0 Å². The van der Waals surface area contributed by atoms with Crippen LogP contribution in [0.2, 0.25) is 0 Å². The van der Waals surface area contributed by atoms with Gasteiger partial charge in [-0.15, -0.1) is 0 Å². The zero-order valence-corrected chi connectivity index (χ0v) is 17.4. The molecule has 6 rings (SSSR count). The summed E-state index contributed by atoms with van der Waals surface area (Å²) < 4.78 is 18.9. The van der Waals surface area contributed by atoms with Gasteiger partial charge in [0.15, 0.2) is 0 Å². The molecule has 2 heterocycles. The van der Waals surface area contributed by atoms with Crippen LogP contribution in [-0.2, 0) is 0 Å². The number of nitrogens with zero attached hydrogens (tertiary/aromatic N) is 2. The zero-order chi connectivity index (χ0) is 21.6. The Hall–Kier alpha value is -3.03. The topological polar surface area (TPSA) is 93.2 Å². The highest BCUT2D eigenvalue weighted by atomic mass is 19.1. The smallest absolute Gasteiger partial charge is 0.391 e. The lowest BCUT2D eigenvalue weighted by atomic mass is 9.50. The molecule has 162 valence electrons. The molecule has 8 heteroatoms. The molecule has 2 unspecified atom stereocenters. The van der Waals surface area contributed by atoms with Gasteiger partial charge in [-0.1, -0.05) is 12.1 Å². The Kier molecular flexibility index (Phi) is 4.68. The number of pyridine rings is 2. The van der Waals surface area contributed by atoms with Gasteiger partial charge in [-0.2, -0.15) is 4.39 Å². The molecule has 0 radical (unpaired) electrons. The van der Waals surface area contributed by atoms with Crippen LogP contribution in [-0.4, -0.2) is 33.0 Å². The molecule has 0 aromatic carbocycles. The first kappa shape index (κ1) is 19.9. The van der Waals surface area contributed by atoms with Gasteiger partial charge in [0.25, 0.3) is 5.91 Å². The van der Waals surface area contributed by atoms with Crippen LogP contribution in [0.15, 0.2) is 36.4 Å². The van der Waals surface area contributed by atoms with Crippen molar-refractivity contribution in [1.82, 2.24) is 20.6 Å². The lowest BCUT2D eigenvalue weighted by Gasteiger charge is -2.61. The predicted molar refractivity (Wildman–Crippen MR) is 110 cm³/mol. The molecule has 2 aromatic rings. The van der Waals surface area contributed by atoms with E-state index in [1.807, 2.05) is 13.0 Å². The Balaban J connectivity index is 1.32. The number of carbonyl (C=O) groups is 2. The maximum absolute atomic E-state index is 13.5. The van der Waals surface area contributed by atoms with E-state index in [1.165, 1.54) is 18.2 Å². The Morgan fingerprint density at radius 3 is 2.35 bits per heavy atom. The molecule has 2 amide bonds. The van der Waals surface area contributed by atoms with Crippen molar-refractivity contribution < 1.29 is 18.7 Å². The third-order valence-electron chi connectivity index (χ3n) is 6.81. The zero-order valence-electron chi connectivity index (χ0n) is 17.4. The maximum atomic E-state index is 13.5. The summed E-state index contributed by atoms with van der Waals surface area (Å²) in [6.45, 7) is 1.84. The standard InChI is InChI=1S/C23H25FN4O3/c1-14-4-2-7-19(25-14)31-21(30)28-23-11-15-8-16(12-23)10-22(9-15,13-23)27-20(29)17-5-3-6-18(24)26-17/h2-7,15-16H,8-13H2,1H3,(H,27,29)(H,28,30). The molecule has 4 bridgehead atoms. The molecular weight excluding hydrogens is 399 g/mol. The first-order valence-corrected chi connectivity index (χ1v) is 10.7. The van der Waals surface area contributed by atoms with E-state index in [9.17, 15) is 14.0 Å². The van der Waals surface area contributed by atoms with Gasteiger partial charge in [0.2, 0.25) is 11.8 Å². The molecule has 31 heavy (non-hydrogen) atoms. The molecule has 4 saturated carbocycles. The van der Waals surface area contributed by atoms with Crippen molar-refractivity contribution in [2.45, 2.75) is 56.5 Å². The van der Waals surface area contributed by atoms with E-state index in [-0.39, 0.29) is 17.5 Å². The van der Waals surface area contributed by atoms with Crippen LogP contribution < -0.4 is 15.4 Å². The highest BCUT2D eigenvalue weighted by Crippen LogP contribution is 2.57. The number of aryl methyl sites for hydroxylation is 1. The summed E-state index contributed by atoms with van der Waals surface area (Å²) in [7, 11) is 0. The minimum Gasteiger partial charge on any atom is -0.391 e. The number of ether oxygens (including phenoxy) is 1. The van der Waals surface area contributed by atoms with E-state index in [4.69, 9.17) is 4.74 Å². The summed E-state index contributed by atoms with van der Waals surface area (Å²) in [6.07, 6.45) is 4.68. The van der Waals surface area contributed by atoms with E-state index in [0.717, 1.165) is 37.8 Å². The molecule has 7 nitrogen and oxygen atoms in total. The van der Waals surface area contributed by atoms with Gasteiger partial charge < -0.3 is 15.4 Å². The van der Waals surface area contributed by atoms with E-state index >= 15 is 0 Å². The lowest BCUT2D eigenvalue weighted by Crippen LogP contribution is -2.70. The van der Waals surface area contributed by atoms with Gasteiger partial charge in [-0.3, -0.25) is 4.79 Å². The number of nitrogens with one attached hydrogen (secondary N) is 2. The van der Waals surface area contributed by atoms with Gasteiger partial charge >= 0.3 is 6.09 Å². The molecule has 4 aliphatic carbocycles. The Morgan fingerprint density at radius 1 is 1.00 bits per heavy atom. The van der Waals surface area contributed by atoms with Crippen molar-refractivity contribution in [2.75, 3.05) is 0 Å². The van der Waals surface area contributed by atoms with Crippen LogP contribution in [0.5, 0.6) is 5.88 Å². The average molecular weight is 424 g/mol. The third-order valence-corrected chi connectivity index (χ3v) is 6.81. The summed E-state index contributed by atoms with van der Waals surface area (Å²) in [5, 5.41) is 6.26. The van der Waals surface area contributed by atoms with E-state index in [2.05, 4.69) is 20.6 Å². The van der Waals surface area contributed by atoms with Crippen LogP contribution in [0.25, 0.3) is 0 Å². The number of amides is 2. The number of halogens is 1. The van der Waals surface area contributed by atoms with Gasteiger partial charge in [-0.05, 0) is 75.5 Å². The monoisotopic (exact) mass is 424 g/mol. The Labute approximate surface area is 179 Å². The van der Waals surface area contributed by atoms with Crippen molar-refractivity contribution in [1.29, 1.82) is 0 Å². The molecule has 0 spiro atoms. The van der Waals surface area contributed by atoms with Crippen LogP contribution in [0, 0.1) is 24.7 Å². The Morgan fingerprint density at radius 2 is 1.68 bits per heavy atom. The summed E-state index contributed by atoms with van der Waals surface area (Å²) >= 11 is 0. The number of rotatable bonds is 4. The van der Waals surface area contributed by atoms with E-state index in [1.54, 1.807) is 12.1 Å². The van der Waals surface area contributed by atoms with Gasteiger partial charge in [-0.25, -0.2) is 14.8 Å². The van der Waals surface area contributed by atoms with Crippen LogP contribution in [0.3, 0.4) is 0 Å². The highest BCUT2D eigenvalue weighted by molar-refractivity contribution is 5.92. The maximum Gasteiger partial charge on any atom is 0.414 e. The molecule has 0 aliphatic heterocycles. The second-order valence-electron chi connectivity index (χ2n) is 9.45. The second-order valence-corrected chi connectivity index (χ2v) is 9.45. The number of carbonyl (C=O) groups excluding carboxylic acids is 2. The van der Waals surface area contributed by atoms with Gasteiger partial charge in [0.05, 0.1) is 0 Å². The van der Waals surface area contributed by atoms with Crippen molar-refractivity contribution in [2.24, 2.45) is 11.8 Å². The minimum absolute atomic E-state index is 0.0719. The lowest BCUT2D eigenvalue weighted by molar-refractivity contribution is -0.0450. The number of aromatic nitrogens is 2. The molecule has 2 atom stereocenters. The molecule has 4 fully saturated rings. The SMILES string of the molecule is Cc1cccc(OC(=O)NC23CC4CC(C2)CC(NC(=O)c2cccc(F)n2)(C4)C3)n1. The van der Waals surface area contributed by atoms with Crippen LogP contribution in [0.4, 0.5) is 9.18 Å². The van der Waals surface area contributed by atoms with Crippen molar-refractivity contribution >= 4 is 12.0 Å². The fourth-order valence-electron chi connectivity index (χ4n) is 6.31. The summed E-state index contributed by atoms with van der Waals surface area (Å²) in [5.41, 5.74) is -0.00656. The normalized spacial score (nSPS) is 30.6. The van der Waals surface area contributed by atoms with Gasteiger partial charge in [0.1, 0.15) is 5.69 Å². The number of hydrogen-bond acceptors (Lipinski definition) is 5. The fraction of sp³-hybridized carbons (Fsp3) is 0.478. The minimum atomic E-state index is -0.677. The summed E-state index contributed by atoms with van der Waals surface area (Å²) in [4.78, 5) is 33.4. The molecule has 2 N–H and O–H groups in total. The van der Waals surface area contributed by atoms with E-state index < -0.39 is 23.1 Å². The molecule has 2 aromatic heterocycles. The first-order chi connectivity index (χ1) is 14.8. The Bertz CT molecular complexity index is 1030. The predicted octanol–water partition coefficient (Wildman–Crippen LogP) is 3.53. The fourth-order valence-corrected chi connectivity index (χ4v) is 6.31. The van der Waals surface area contributed by atoms with Crippen LogP contribution in [0.1, 0.15) is 54.7 Å². The molecular formula is C23H25FN4O3. The molecule has 4 aliphatic rings.